The molecule has 4 rings (SSSR count). The summed E-state index contributed by atoms with van der Waals surface area (Å²) in [6.07, 6.45) is 5.55. The molecule has 2 atom stereocenters. The van der Waals surface area contributed by atoms with E-state index in [1.165, 1.54) is 29.5 Å². The number of benzene rings is 2. The molecule has 0 aromatic heterocycles. The Bertz CT molecular complexity index is 873. The van der Waals surface area contributed by atoms with Gasteiger partial charge in [0.05, 0.1) is 6.61 Å². The third kappa shape index (κ3) is 5.04. The van der Waals surface area contributed by atoms with Gasteiger partial charge in [-0.3, -0.25) is 4.79 Å². The fourth-order valence-corrected chi connectivity index (χ4v) is 4.03. The number of carbonyl (C=O) groups is 1. The van der Waals surface area contributed by atoms with Crippen LogP contribution in [0.5, 0.6) is 5.75 Å². The Morgan fingerprint density at radius 1 is 1.13 bits per heavy atom. The molecule has 0 saturated heterocycles. The van der Waals surface area contributed by atoms with Crippen molar-refractivity contribution >= 4 is 5.91 Å². The summed E-state index contributed by atoms with van der Waals surface area (Å²) in [5.41, 5.74) is 4.80. The zero-order valence-corrected chi connectivity index (χ0v) is 18.5. The van der Waals surface area contributed by atoms with Crippen LogP contribution in [-0.2, 0) is 19.4 Å². The number of likely N-dealkylation sites (N-methyl/N-ethyl adjacent to an activating group) is 1. The van der Waals surface area contributed by atoms with Crippen molar-refractivity contribution in [3.63, 3.8) is 0 Å². The second-order valence-electron chi connectivity index (χ2n) is 9.05. The van der Waals surface area contributed by atoms with Crippen LogP contribution in [0.15, 0.2) is 42.5 Å². The Balaban J connectivity index is 1.34. The van der Waals surface area contributed by atoms with Gasteiger partial charge in [0.2, 0.25) is 0 Å². The molecule has 1 fully saturated rings. The van der Waals surface area contributed by atoms with E-state index in [9.17, 15) is 4.79 Å². The number of nitrogens with one attached hydrogen (secondary N) is 1. The predicted octanol–water partition coefficient (Wildman–Crippen LogP) is 4.60. The standard InChI is InChI=1S/C26H34N2O2/c1-4-18(2)27-16-20-7-8-22-14-24(15-23(22)13-20)28(3)26(29)21-9-11-25(12-10-21)30-17-19-5-6-19/h7-13,18-19,24,27H,4-6,14-17H2,1-3H3/t18-,24-/m1/s1. The molecular weight excluding hydrogens is 372 g/mol. The van der Waals surface area contributed by atoms with Gasteiger partial charge >= 0.3 is 0 Å². The second kappa shape index (κ2) is 9.22. The molecule has 1 saturated carbocycles. The van der Waals surface area contributed by atoms with E-state index in [0.29, 0.717) is 6.04 Å². The number of carbonyl (C=O) groups excluding carboxylic acids is 1. The Kier molecular flexibility index (Phi) is 6.43. The normalized spacial score (nSPS) is 18.7. The Morgan fingerprint density at radius 3 is 2.57 bits per heavy atom. The third-order valence-electron chi connectivity index (χ3n) is 6.60. The smallest absolute Gasteiger partial charge is 0.253 e. The SMILES string of the molecule is CC[C@@H](C)NCc1ccc2c(c1)C[C@H](N(C)C(=O)c1ccc(OCC3CC3)cc1)C2. The molecule has 2 aliphatic carbocycles. The van der Waals surface area contributed by atoms with Crippen LogP contribution in [0, 0.1) is 5.92 Å². The molecule has 1 amide bonds. The molecule has 1 N–H and O–H groups in total. The molecule has 0 spiro atoms. The maximum atomic E-state index is 13.0. The highest BCUT2D eigenvalue weighted by molar-refractivity contribution is 5.94. The van der Waals surface area contributed by atoms with Gasteiger partial charge in [-0.1, -0.05) is 25.1 Å². The fourth-order valence-electron chi connectivity index (χ4n) is 4.03. The van der Waals surface area contributed by atoms with Crippen LogP contribution in [-0.4, -0.2) is 36.5 Å². The zero-order valence-electron chi connectivity index (χ0n) is 18.5. The number of hydrogen-bond donors (Lipinski definition) is 1. The van der Waals surface area contributed by atoms with Gasteiger partial charge in [0.25, 0.3) is 5.91 Å². The average Bonchev–Trinajstić information content (AvgIpc) is 3.51. The third-order valence-corrected chi connectivity index (χ3v) is 6.60. The quantitative estimate of drug-likeness (QED) is 0.662. The van der Waals surface area contributed by atoms with Crippen LogP contribution in [0.3, 0.4) is 0 Å². The first-order valence-corrected chi connectivity index (χ1v) is 11.4. The lowest BCUT2D eigenvalue weighted by Crippen LogP contribution is -2.37. The molecule has 0 heterocycles. The van der Waals surface area contributed by atoms with Gasteiger partial charge in [0.1, 0.15) is 5.75 Å². The molecule has 4 nitrogen and oxygen atoms in total. The van der Waals surface area contributed by atoms with Gasteiger partial charge in [0.15, 0.2) is 0 Å². The molecule has 30 heavy (non-hydrogen) atoms. The van der Waals surface area contributed by atoms with Gasteiger partial charge in [0, 0.05) is 31.2 Å². The maximum Gasteiger partial charge on any atom is 0.253 e. The lowest BCUT2D eigenvalue weighted by Gasteiger charge is -2.24. The molecule has 4 heteroatoms. The van der Waals surface area contributed by atoms with Crippen molar-refractivity contribution in [3.8, 4) is 5.75 Å². The number of ether oxygens (including phenoxy) is 1. The van der Waals surface area contributed by atoms with Crippen molar-refractivity contribution < 1.29 is 9.53 Å². The zero-order chi connectivity index (χ0) is 21.1. The Hall–Kier alpha value is -2.33. The molecule has 2 aliphatic rings. The lowest BCUT2D eigenvalue weighted by molar-refractivity contribution is 0.0737. The lowest BCUT2D eigenvalue weighted by atomic mass is 10.1. The van der Waals surface area contributed by atoms with Crippen molar-refractivity contribution in [2.45, 2.75) is 64.6 Å². The molecule has 0 unspecified atom stereocenters. The van der Waals surface area contributed by atoms with Crippen molar-refractivity contribution in [1.29, 1.82) is 0 Å². The Labute approximate surface area is 180 Å². The molecule has 0 bridgehead atoms. The number of rotatable bonds is 9. The highest BCUT2D eigenvalue weighted by Gasteiger charge is 2.28. The van der Waals surface area contributed by atoms with Crippen LogP contribution >= 0.6 is 0 Å². The van der Waals surface area contributed by atoms with Crippen LogP contribution in [0.2, 0.25) is 0 Å². The summed E-state index contributed by atoms with van der Waals surface area (Å²) in [6.45, 7) is 6.11. The van der Waals surface area contributed by atoms with E-state index in [2.05, 4.69) is 37.4 Å². The highest BCUT2D eigenvalue weighted by Crippen LogP contribution is 2.30. The van der Waals surface area contributed by atoms with Gasteiger partial charge in [-0.25, -0.2) is 0 Å². The van der Waals surface area contributed by atoms with E-state index in [1.807, 2.05) is 36.2 Å². The molecular formula is C26H34N2O2. The van der Waals surface area contributed by atoms with Gasteiger partial charge in [-0.2, -0.15) is 0 Å². The monoisotopic (exact) mass is 406 g/mol. The largest absolute Gasteiger partial charge is 0.493 e. The first-order valence-electron chi connectivity index (χ1n) is 11.4. The topological polar surface area (TPSA) is 41.6 Å². The summed E-state index contributed by atoms with van der Waals surface area (Å²) in [7, 11) is 1.93. The van der Waals surface area contributed by atoms with Crippen LogP contribution < -0.4 is 10.1 Å². The van der Waals surface area contributed by atoms with Crippen LogP contribution in [0.1, 0.15) is 60.2 Å². The van der Waals surface area contributed by atoms with E-state index >= 15 is 0 Å². The summed E-state index contributed by atoms with van der Waals surface area (Å²) in [5.74, 6) is 1.67. The molecule has 0 radical (unpaired) electrons. The van der Waals surface area contributed by atoms with Crippen LogP contribution in [0.4, 0.5) is 0 Å². The fraction of sp³-hybridized carbons (Fsp3) is 0.500. The number of hydrogen-bond acceptors (Lipinski definition) is 3. The van der Waals surface area contributed by atoms with E-state index in [0.717, 1.165) is 49.6 Å². The van der Waals surface area contributed by atoms with Gasteiger partial charge in [-0.05, 0) is 85.9 Å². The van der Waals surface area contributed by atoms with E-state index < -0.39 is 0 Å². The van der Waals surface area contributed by atoms with E-state index in [1.54, 1.807) is 0 Å². The van der Waals surface area contributed by atoms with Crippen LogP contribution in [0.25, 0.3) is 0 Å². The predicted molar refractivity (Wildman–Crippen MR) is 121 cm³/mol. The molecule has 2 aromatic carbocycles. The van der Waals surface area contributed by atoms with Crippen molar-refractivity contribution in [2.75, 3.05) is 13.7 Å². The van der Waals surface area contributed by atoms with Crippen molar-refractivity contribution in [1.82, 2.24) is 10.2 Å². The summed E-state index contributed by atoms with van der Waals surface area (Å²) >= 11 is 0. The Morgan fingerprint density at radius 2 is 1.87 bits per heavy atom. The van der Waals surface area contributed by atoms with Gasteiger partial charge in [-0.15, -0.1) is 0 Å². The number of fused-ring (bicyclic) bond motifs is 1. The minimum absolute atomic E-state index is 0.0835. The molecule has 0 aliphatic heterocycles. The maximum absolute atomic E-state index is 13.0. The summed E-state index contributed by atoms with van der Waals surface area (Å²) in [6, 6.07) is 15.1. The van der Waals surface area contributed by atoms with Crippen molar-refractivity contribution in [3.05, 3.63) is 64.7 Å². The first-order chi connectivity index (χ1) is 14.5. The molecule has 2 aromatic rings. The summed E-state index contributed by atoms with van der Waals surface area (Å²) in [4.78, 5) is 14.9. The van der Waals surface area contributed by atoms with E-state index in [4.69, 9.17) is 4.74 Å². The average molecular weight is 407 g/mol. The summed E-state index contributed by atoms with van der Waals surface area (Å²) < 4.78 is 5.79. The van der Waals surface area contributed by atoms with Crippen molar-refractivity contribution in [2.24, 2.45) is 5.92 Å². The number of amides is 1. The van der Waals surface area contributed by atoms with E-state index in [-0.39, 0.29) is 11.9 Å². The second-order valence-corrected chi connectivity index (χ2v) is 9.05. The minimum Gasteiger partial charge on any atom is -0.493 e. The highest BCUT2D eigenvalue weighted by atomic mass is 16.5. The number of nitrogens with zero attached hydrogens (tertiary/aromatic N) is 1. The molecule has 160 valence electrons. The summed E-state index contributed by atoms with van der Waals surface area (Å²) in [5, 5.41) is 3.56. The minimum atomic E-state index is 0.0835. The van der Waals surface area contributed by atoms with Gasteiger partial charge < -0.3 is 15.0 Å². The first kappa shape index (κ1) is 20.9.